The number of ether oxygens (including phenoxy) is 2. The van der Waals surface area contributed by atoms with Crippen molar-refractivity contribution in [1.82, 2.24) is 4.90 Å². The minimum absolute atomic E-state index is 0.136. The zero-order valence-electron chi connectivity index (χ0n) is 19.5. The summed E-state index contributed by atoms with van der Waals surface area (Å²) in [6.45, 7) is 6.49. The quantitative estimate of drug-likeness (QED) is 0.218. The fourth-order valence-electron chi connectivity index (χ4n) is 3.90. The number of likely N-dealkylation sites (N-methyl/N-ethyl adjacent to an activating group) is 1. The topological polar surface area (TPSA) is 55.8 Å². The summed E-state index contributed by atoms with van der Waals surface area (Å²) in [5.41, 5.74) is 1.30. The molecule has 0 radical (unpaired) electrons. The third kappa shape index (κ3) is 9.55. The molecule has 1 aromatic rings. The molecule has 1 aromatic carbocycles. The Balaban J connectivity index is 1.59. The Morgan fingerprint density at radius 1 is 1.03 bits per heavy atom. The number of hydrogen-bond acceptors (Lipinski definition) is 4. The lowest BCUT2D eigenvalue weighted by molar-refractivity contribution is -0.926. The number of carbonyl (C=O) groups is 2. The number of rotatable bonds is 12. The lowest BCUT2D eigenvalue weighted by Gasteiger charge is -2.41. The van der Waals surface area contributed by atoms with Crippen molar-refractivity contribution in [2.45, 2.75) is 52.0 Å². The van der Waals surface area contributed by atoms with E-state index < -0.39 is 0 Å². The SMILES string of the molecule is COc1ccc(C[N+]2(C)CCN(C(=O)/C=C/CCCCCCCOC(C)=O)CC2)cc1. The van der Waals surface area contributed by atoms with Gasteiger partial charge in [0.15, 0.2) is 0 Å². The fraction of sp³-hybridized carbons (Fsp3) is 0.600. The first-order chi connectivity index (χ1) is 14.9. The number of benzene rings is 1. The van der Waals surface area contributed by atoms with E-state index in [1.807, 2.05) is 23.1 Å². The van der Waals surface area contributed by atoms with Gasteiger partial charge in [0.25, 0.3) is 0 Å². The van der Waals surface area contributed by atoms with Crippen LogP contribution in [0.25, 0.3) is 0 Å². The highest BCUT2D eigenvalue weighted by atomic mass is 16.5. The van der Waals surface area contributed by atoms with Gasteiger partial charge in [0.1, 0.15) is 12.3 Å². The lowest BCUT2D eigenvalue weighted by Crippen LogP contribution is -2.57. The molecule has 0 unspecified atom stereocenters. The van der Waals surface area contributed by atoms with Crippen molar-refractivity contribution in [1.29, 1.82) is 0 Å². The summed E-state index contributed by atoms with van der Waals surface area (Å²) >= 11 is 0. The molecule has 31 heavy (non-hydrogen) atoms. The van der Waals surface area contributed by atoms with Crippen LogP contribution in [0.2, 0.25) is 0 Å². The van der Waals surface area contributed by atoms with E-state index >= 15 is 0 Å². The Hall–Kier alpha value is -2.34. The molecule has 0 saturated carbocycles. The molecule has 1 amide bonds. The number of hydrogen-bond donors (Lipinski definition) is 0. The summed E-state index contributed by atoms with van der Waals surface area (Å²) in [7, 11) is 3.96. The van der Waals surface area contributed by atoms with Gasteiger partial charge in [-0.2, -0.15) is 0 Å². The number of quaternary nitrogens is 1. The summed E-state index contributed by atoms with van der Waals surface area (Å²) in [6.07, 6.45) is 10.1. The van der Waals surface area contributed by atoms with E-state index in [1.165, 1.54) is 12.5 Å². The number of allylic oxidation sites excluding steroid dienone is 1. The monoisotopic (exact) mass is 431 g/mol. The van der Waals surface area contributed by atoms with E-state index in [-0.39, 0.29) is 11.9 Å². The third-order valence-electron chi connectivity index (χ3n) is 5.94. The predicted octanol–water partition coefficient (Wildman–Crippen LogP) is 3.94. The maximum atomic E-state index is 12.5. The van der Waals surface area contributed by atoms with Crippen LogP contribution >= 0.6 is 0 Å². The molecule has 6 nitrogen and oxygen atoms in total. The van der Waals surface area contributed by atoms with Gasteiger partial charge >= 0.3 is 5.97 Å². The molecule has 0 aliphatic carbocycles. The van der Waals surface area contributed by atoms with Crippen molar-refractivity contribution < 1.29 is 23.5 Å². The third-order valence-corrected chi connectivity index (χ3v) is 5.94. The molecule has 0 bridgehead atoms. The highest BCUT2D eigenvalue weighted by Crippen LogP contribution is 2.19. The number of amides is 1. The molecule has 0 N–H and O–H groups in total. The predicted molar refractivity (Wildman–Crippen MR) is 123 cm³/mol. The van der Waals surface area contributed by atoms with Gasteiger partial charge in [0.2, 0.25) is 5.91 Å². The van der Waals surface area contributed by atoms with Gasteiger partial charge in [-0.15, -0.1) is 0 Å². The van der Waals surface area contributed by atoms with Gasteiger partial charge in [0.05, 0.1) is 46.9 Å². The van der Waals surface area contributed by atoms with Crippen LogP contribution in [-0.4, -0.2) is 68.2 Å². The van der Waals surface area contributed by atoms with Gasteiger partial charge < -0.3 is 18.9 Å². The summed E-state index contributed by atoms with van der Waals surface area (Å²) in [5.74, 6) is 0.814. The van der Waals surface area contributed by atoms with E-state index in [9.17, 15) is 9.59 Å². The Morgan fingerprint density at radius 2 is 1.68 bits per heavy atom. The summed E-state index contributed by atoms with van der Waals surface area (Å²) < 4.78 is 11.1. The largest absolute Gasteiger partial charge is 0.497 e. The van der Waals surface area contributed by atoms with Crippen molar-refractivity contribution in [3.8, 4) is 5.75 Å². The Labute approximate surface area is 187 Å². The maximum absolute atomic E-state index is 12.5. The van der Waals surface area contributed by atoms with Crippen LogP contribution < -0.4 is 4.74 Å². The molecule has 1 heterocycles. The van der Waals surface area contributed by atoms with E-state index in [2.05, 4.69) is 19.2 Å². The number of methoxy groups -OCH3 is 1. The molecule has 1 aliphatic heterocycles. The Morgan fingerprint density at radius 3 is 2.32 bits per heavy atom. The van der Waals surface area contributed by atoms with Crippen LogP contribution in [0, 0.1) is 0 Å². The molecule has 2 rings (SSSR count). The van der Waals surface area contributed by atoms with Crippen molar-refractivity contribution in [2.75, 3.05) is 46.9 Å². The summed E-state index contributed by atoms with van der Waals surface area (Å²) in [4.78, 5) is 25.1. The molecular weight excluding hydrogens is 392 g/mol. The van der Waals surface area contributed by atoms with Crippen LogP contribution in [-0.2, 0) is 20.9 Å². The Bertz CT molecular complexity index is 707. The van der Waals surface area contributed by atoms with E-state index in [0.717, 1.165) is 81.5 Å². The number of carbonyl (C=O) groups excluding carboxylic acids is 2. The van der Waals surface area contributed by atoms with Crippen molar-refractivity contribution in [3.05, 3.63) is 42.0 Å². The lowest BCUT2D eigenvalue weighted by atomic mass is 10.1. The van der Waals surface area contributed by atoms with Crippen LogP contribution in [0.3, 0.4) is 0 Å². The second-order valence-corrected chi connectivity index (χ2v) is 8.70. The average molecular weight is 432 g/mol. The first kappa shape index (κ1) is 24.9. The van der Waals surface area contributed by atoms with E-state index in [4.69, 9.17) is 9.47 Å². The Kier molecular flexibility index (Phi) is 10.6. The van der Waals surface area contributed by atoms with Gasteiger partial charge in [0, 0.05) is 12.5 Å². The second kappa shape index (κ2) is 13.2. The zero-order chi connectivity index (χ0) is 22.5. The van der Waals surface area contributed by atoms with Crippen molar-refractivity contribution in [3.63, 3.8) is 0 Å². The smallest absolute Gasteiger partial charge is 0.302 e. The first-order valence-corrected chi connectivity index (χ1v) is 11.5. The van der Waals surface area contributed by atoms with E-state index in [0.29, 0.717) is 6.61 Å². The fourth-order valence-corrected chi connectivity index (χ4v) is 3.90. The molecule has 1 fully saturated rings. The average Bonchev–Trinajstić information content (AvgIpc) is 2.75. The van der Waals surface area contributed by atoms with Crippen molar-refractivity contribution >= 4 is 11.9 Å². The summed E-state index contributed by atoms with van der Waals surface area (Å²) in [5, 5.41) is 0. The molecule has 0 atom stereocenters. The molecule has 172 valence electrons. The normalized spacial score (nSPS) is 15.8. The van der Waals surface area contributed by atoms with E-state index in [1.54, 1.807) is 13.2 Å². The zero-order valence-corrected chi connectivity index (χ0v) is 19.5. The first-order valence-electron chi connectivity index (χ1n) is 11.5. The van der Waals surface area contributed by atoms with Gasteiger partial charge in [-0.1, -0.05) is 25.3 Å². The highest BCUT2D eigenvalue weighted by molar-refractivity contribution is 5.87. The van der Waals surface area contributed by atoms with Crippen LogP contribution in [0.4, 0.5) is 0 Å². The van der Waals surface area contributed by atoms with Crippen LogP contribution in [0.1, 0.15) is 51.0 Å². The molecule has 6 heteroatoms. The number of esters is 1. The molecule has 1 aliphatic rings. The van der Waals surface area contributed by atoms with Gasteiger partial charge in [-0.05, 0) is 49.6 Å². The number of nitrogens with zero attached hydrogens (tertiary/aromatic N) is 2. The molecular formula is C25H39N2O4+. The molecule has 1 saturated heterocycles. The number of unbranched alkanes of at least 4 members (excludes halogenated alkanes) is 5. The molecule has 0 aromatic heterocycles. The molecule has 0 spiro atoms. The number of piperazine rings is 1. The standard InChI is InChI=1S/C25H39N2O4/c1-22(28)31-20-10-8-6-4-5-7-9-11-25(29)26-16-18-27(2,19-17-26)21-23-12-14-24(30-3)15-13-23/h9,11-15H,4-8,10,16-21H2,1-3H3/q+1/b11-9+. The van der Waals surface area contributed by atoms with Crippen LogP contribution in [0.15, 0.2) is 36.4 Å². The second-order valence-electron chi connectivity index (χ2n) is 8.70. The minimum atomic E-state index is -0.204. The summed E-state index contributed by atoms with van der Waals surface area (Å²) in [6, 6.07) is 8.27. The van der Waals surface area contributed by atoms with Crippen molar-refractivity contribution in [2.24, 2.45) is 0 Å². The minimum Gasteiger partial charge on any atom is -0.497 e. The van der Waals surface area contributed by atoms with Crippen LogP contribution in [0.5, 0.6) is 5.75 Å². The van der Waals surface area contributed by atoms with Gasteiger partial charge in [-0.25, -0.2) is 0 Å². The van der Waals surface area contributed by atoms with Gasteiger partial charge in [-0.3, -0.25) is 9.59 Å². The highest BCUT2D eigenvalue weighted by Gasteiger charge is 2.30. The maximum Gasteiger partial charge on any atom is 0.302 e.